The summed E-state index contributed by atoms with van der Waals surface area (Å²) in [5.74, 6) is -2.14. The normalized spacial score (nSPS) is 51.6. The molecular formula is C51H82O19. The molecule has 3 saturated carbocycles. The van der Waals surface area contributed by atoms with Crippen LogP contribution in [0, 0.1) is 22.2 Å². The van der Waals surface area contributed by atoms with Gasteiger partial charge in [0.25, 0.3) is 0 Å². The smallest absolute Gasteiger partial charge is 0.310 e. The molecule has 0 bridgehead atoms. The Morgan fingerprint density at radius 2 is 1.10 bits per heavy atom. The molecule has 24 unspecified atom stereocenters. The van der Waals surface area contributed by atoms with Crippen LogP contribution in [-0.2, 0) is 71.2 Å². The second-order valence-electron chi connectivity index (χ2n) is 22.3. The predicted molar refractivity (Wildman–Crippen MR) is 246 cm³/mol. The molecule has 7 fully saturated rings. The van der Waals surface area contributed by atoms with E-state index in [1.807, 2.05) is 26.8 Å². The Hall–Kier alpha value is -1.92. The first-order valence-electron chi connectivity index (χ1n) is 25.6. The Morgan fingerprint density at radius 3 is 1.56 bits per heavy atom. The van der Waals surface area contributed by atoms with Gasteiger partial charge in [0.05, 0.1) is 65.8 Å². The molecule has 0 spiro atoms. The number of aliphatic hydroxyl groups excluding tert-OH is 1. The zero-order valence-electron chi connectivity index (χ0n) is 43.2. The number of esters is 1. The Bertz CT molecular complexity index is 1890. The average Bonchev–Trinajstić information content (AvgIpc) is 3.54. The van der Waals surface area contributed by atoms with Crippen LogP contribution in [0.2, 0.25) is 0 Å². The van der Waals surface area contributed by atoms with Crippen molar-refractivity contribution in [2.75, 3.05) is 28.4 Å². The van der Waals surface area contributed by atoms with E-state index in [2.05, 4.69) is 6.92 Å². The minimum absolute atomic E-state index is 0.0723. The number of fused-ring (bicyclic) bond motifs is 5. The van der Waals surface area contributed by atoms with Crippen molar-refractivity contribution in [1.82, 2.24) is 0 Å². The zero-order chi connectivity index (χ0) is 50.9. The summed E-state index contributed by atoms with van der Waals surface area (Å²) in [5.41, 5.74) is -5.79. The molecule has 0 aromatic carbocycles. The van der Waals surface area contributed by atoms with E-state index in [0.717, 1.165) is 5.57 Å². The molecule has 0 aromatic heterocycles. The number of ether oxygens (including phenoxy) is 13. The molecule has 24 atom stereocenters. The standard InChI is InChI=1S/C51H82O19/c1-25-42(53)32(58-9)20-39(62-25)68-44-27(3)64-41(22-34(44)60-11)70-45-28(4)65-40(23-35(45)61-12)69-43-26(2)63-38(21-33(43)59-10)67-31-14-15-47(6)30(19-31)13-16-50(56)36(47)24-37(66-29(5)52)49(8)48(7,46(54)55)17-18-51(49,50)57/h13,25-28,31-45,53,56-57H,14-24H2,1-12H3,(H,54,55). The van der Waals surface area contributed by atoms with Gasteiger partial charge in [0.1, 0.15) is 41.7 Å². The minimum Gasteiger partial charge on any atom is -0.481 e. The lowest BCUT2D eigenvalue weighted by Crippen LogP contribution is -2.77. The summed E-state index contributed by atoms with van der Waals surface area (Å²) in [5, 5.41) is 46.4. The number of carbonyl (C=O) groups is 2. The third-order valence-corrected chi connectivity index (χ3v) is 18.8. The molecule has 4 saturated heterocycles. The van der Waals surface area contributed by atoms with Crippen LogP contribution in [0.25, 0.3) is 0 Å². The Morgan fingerprint density at radius 1 is 0.643 bits per heavy atom. The van der Waals surface area contributed by atoms with Gasteiger partial charge in [-0.05, 0) is 85.0 Å². The van der Waals surface area contributed by atoms with Gasteiger partial charge in [-0.1, -0.05) is 25.5 Å². The number of carboxylic acids is 1. The number of rotatable bonds is 14. The molecular weight excluding hydrogens is 917 g/mol. The van der Waals surface area contributed by atoms with Gasteiger partial charge in [0, 0.05) is 67.0 Å². The van der Waals surface area contributed by atoms with Crippen molar-refractivity contribution in [2.45, 2.75) is 248 Å². The van der Waals surface area contributed by atoms with E-state index >= 15 is 0 Å². The zero-order valence-corrected chi connectivity index (χ0v) is 43.2. The number of hydrogen-bond acceptors (Lipinski definition) is 18. The second-order valence-corrected chi connectivity index (χ2v) is 22.3. The van der Waals surface area contributed by atoms with E-state index in [1.54, 1.807) is 49.2 Å². The van der Waals surface area contributed by atoms with Crippen molar-refractivity contribution < 1.29 is 91.6 Å². The topological polar surface area (TPSA) is 235 Å². The monoisotopic (exact) mass is 999 g/mol. The Labute approximate surface area is 412 Å². The highest BCUT2D eigenvalue weighted by atomic mass is 16.8. The fraction of sp³-hybridized carbons (Fsp3) is 0.922. The van der Waals surface area contributed by atoms with Crippen LogP contribution >= 0.6 is 0 Å². The molecule has 4 N–H and O–H groups in total. The predicted octanol–water partition coefficient (Wildman–Crippen LogP) is 4.31. The lowest BCUT2D eigenvalue weighted by molar-refractivity contribution is -0.347. The van der Waals surface area contributed by atoms with Crippen molar-refractivity contribution >= 4 is 11.9 Å². The Kier molecular flexibility index (Phi) is 16.0. The maximum absolute atomic E-state index is 12.9. The minimum atomic E-state index is -1.82. The number of aliphatic carboxylic acids is 1. The summed E-state index contributed by atoms with van der Waals surface area (Å²) in [6, 6.07) is 0. The van der Waals surface area contributed by atoms with Crippen LogP contribution in [0.3, 0.4) is 0 Å². The van der Waals surface area contributed by atoms with Crippen LogP contribution in [0.1, 0.15) is 126 Å². The van der Waals surface area contributed by atoms with E-state index < -0.39 is 138 Å². The van der Waals surface area contributed by atoms with Crippen LogP contribution in [0.15, 0.2) is 11.6 Å². The highest BCUT2D eigenvalue weighted by molar-refractivity contribution is 5.77. The van der Waals surface area contributed by atoms with Crippen LogP contribution in [0.5, 0.6) is 0 Å². The Balaban J connectivity index is 0.862. The van der Waals surface area contributed by atoms with Gasteiger partial charge in [-0.3, -0.25) is 9.59 Å². The van der Waals surface area contributed by atoms with Crippen molar-refractivity contribution in [2.24, 2.45) is 22.2 Å². The lowest BCUT2D eigenvalue weighted by atomic mass is 9.41. The summed E-state index contributed by atoms with van der Waals surface area (Å²) >= 11 is 0. The van der Waals surface area contributed by atoms with Crippen molar-refractivity contribution in [3.63, 3.8) is 0 Å². The first-order chi connectivity index (χ1) is 33.0. The van der Waals surface area contributed by atoms with E-state index in [1.165, 1.54) is 6.92 Å². The molecule has 19 nitrogen and oxygen atoms in total. The highest BCUT2D eigenvalue weighted by Crippen LogP contribution is 2.73. The van der Waals surface area contributed by atoms with Gasteiger partial charge in [0.15, 0.2) is 25.2 Å². The first-order valence-corrected chi connectivity index (χ1v) is 25.6. The quantitative estimate of drug-likeness (QED) is 0.140. The molecule has 4 heterocycles. The lowest BCUT2D eigenvalue weighted by Gasteiger charge is -2.67. The third kappa shape index (κ3) is 9.24. The van der Waals surface area contributed by atoms with Crippen molar-refractivity contribution in [3.8, 4) is 0 Å². The first kappa shape index (κ1) is 54.3. The molecule has 0 radical (unpaired) electrons. The van der Waals surface area contributed by atoms with E-state index in [9.17, 15) is 30.0 Å². The summed E-state index contributed by atoms with van der Waals surface area (Å²) in [6.45, 7) is 14.2. The number of methoxy groups -OCH3 is 4. The van der Waals surface area contributed by atoms with Gasteiger partial charge in [-0.15, -0.1) is 0 Å². The summed E-state index contributed by atoms with van der Waals surface area (Å²) in [4.78, 5) is 25.4. The summed E-state index contributed by atoms with van der Waals surface area (Å²) < 4.78 is 81.0. The molecule has 8 rings (SSSR count). The van der Waals surface area contributed by atoms with Gasteiger partial charge >= 0.3 is 11.9 Å². The molecule has 19 heteroatoms. The van der Waals surface area contributed by atoms with Gasteiger partial charge in [0.2, 0.25) is 0 Å². The number of carbonyl (C=O) groups excluding carboxylic acids is 1. The average molecular weight is 999 g/mol. The van der Waals surface area contributed by atoms with E-state index in [4.69, 9.17) is 61.6 Å². The summed E-state index contributed by atoms with van der Waals surface area (Å²) in [6.07, 6.45) is -3.12. The molecule has 70 heavy (non-hydrogen) atoms. The van der Waals surface area contributed by atoms with Crippen LogP contribution in [0.4, 0.5) is 0 Å². The van der Waals surface area contributed by atoms with Gasteiger partial charge in [-0.25, -0.2) is 0 Å². The van der Waals surface area contributed by atoms with Crippen LogP contribution < -0.4 is 0 Å². The van der Waals surface area contributed by atoms with Gasteiger partial charge in [-0.2, -0.15) is 0 Å². The molecule has 0 amide bonds. The molecule has 400 valence electrons. The molecule has 4 aliphatic carbocycles. The summed E-state index contributed by atoms with van der Waals surface area (Å²) in [7, 11) is 6.48. The fourth-order valence-electron chi connectivity index (χ4n) is 14.3. The maximum Gasteiger partial charge on any atom is 0.310 e. The third-order valence-electron chi connectivity index (χ3n) is 18.8. The molecule has 8 aliphatic rings. The van der Waals surface area contributed by atoms with E-state index in [-0.39, 0.29) is 44.0 Å². The van der Waals surface area contributed by atoms with Crippen LogP contribution in [-0.4, -0.2) is 183 Å². The highest BCUT2D eigenvalue weighted by Gasteiger charge is 2.81. The van der Waals surface area contributed by atoms with Crippen molar-refractivity contribution in [3.05, 3.63) is 11.6 Å². The maximum atomic E-state index is 12.9. The second kappa shape index (κ2) is 20.7. The number of carboxylic acid groups (broad SMARTS) is 1. The number of hydrogen-bond donors (Lipinski definition) is 4. The number of aliphatic hydroxyl groups is 3. The van der Waals surface area contributed by atoms with E-state index in [0.29, 0.717) is 44.9 Å². The largest absolute Gasteiger partial charge is 0.481 e. The molecule has 0 aromatic rings. The van der Waals surface area contributed by atoms with Crippen molar-refractivity contribution in [1.29, 1.82) is 0 Å². The van der Waals surface area contributed by atoms with Gasteiger partial charge < -0.3 is 82.0 Å². The fourth-order valence-corrected chi connectivity index (χ4v) is 14.3. The SMILES string of the molecule is COC1CC(OC2C(C)OC(OC3C(C)OC(OC4C(C)OC(OC5CCC6(C)C(=CCC7(O)C6CC(OC(C)=O)C6(C)C(C)(C(=O)O)CCC76O)C5)CC4OC)CC3OC)CC2OC)OC(C)C1O. The molecule has 4 aliphatic heterocycles.